The van der Waals surface area contributed by atoms with Crippen LogP contribution in [0.5, 0.6) is 0 Å². The van der Waals surface area contributed by atoms with Crippen molar-refractivity contribution < 1.29 is 9.59 Å². The van der Waals surface area contributed by atoms with Crippen LogP contribution in [0.4, 0.5) is 11.4 Å². The van der Waals surface area contributed by atoms with E-state index in [-0.39, 0.29) is 11.8 Å². The molecule has 0 saturated carbocycles. The number of hydrogen-bond donors (Lipinski definition) is 2. The van der Waals surface area contributed by atoms with Gasteiger partial charge < -0.3 is 10.6 Å². The van der Waals surface area contributed by atoms with Gasteiger partial charge in [0.25, 0.3) is 5.91 Å². The first-order chi connectivity index (χ1) is 9.56. The van der Waals surface area contributed by atoms with Gasteiger partial charge in [0.15, 0.2) is 0 Å². The third-order valence-corrected chi connectivity index (χ3v) is 2.89. The Morgan fingerprint density at radius 3 is 2.30 bits per heavy atom. The number of anilines is 2. The van der Waals surface area contributed by atoms with Gasteiger partial charge >= 0.3 is 0 Å². The Balaban J connectivity index is 2.13. The van der Waals surface area contributed by atoms with Crippen molar-refractivity contribution in [3.63, 3.8) is 0 Å². The van der Waals surface area contributed by atoms with Gasteiger partial charge in [0.2, 0.25) is 5.91 Å². The van der Waals surface area contributed by atoms with Crippen molar-refractivity contribution in [2.45, 2.75) is 6.92 Å². The van der Waals surface area contributed by atoms with Gasteiger partial charge in [0, 0.05) is 18.2 Å². The maximum atomic E-state index is 12.0. The monoisotopic (exact) mass is 288 g/mol. The first-order valence-corrected chi connectivity index (χ1v) is 6.37. The molecule has 0 heterocycles. The van der Waals surface area contributed by atoms with E-state index >= 15 is 0 Å². The molecule has 0 unspecified atom stereocenters. The maximum absolute atomic E-state index is 12.0. The summed E-state index contributed by atoms with van der Waals surface area (Å²) in [5, 5.41) is 5.71. The van der Waals surface area contributed by atoms with Crippen molar-refractivity contribution >= 4 is 34.8 Å². The number of carbonyl (C=O) groups excluding carboxylic acids is 2. The molecule has 2 aromatic rings. The van der Waals surface area contributed by atoms with Gasteiger partial charge in [-0.2, -0.15) is 0 Å². The number of halogens is 1. The zero-order chi connectivity index (χ0) is 14.5. The van der Waals surface area contributed by atoms with E-state index in [9.17, 15) is 9.59 Å². The summed E-state index contributed by atoms with van der Waals surface area (Å²) in [7, 11) is 0. The van der Waals surface area contributed by atoms with Gasteiger partial charge in [-0.15, -0.1) is 0 Å². The molecule has 0 saturated heterocycles. The van der Waals surface area contributed by atoms with Gasteiger partial charge in [-0.25, -0.2) is 0 Å². The SMILES string of the molecule is CC(=O)Nc1ccc(NC(=O)c2ccccc2)cc1Cl. The molecule has 4 nitrogen and oxygen atoms in total. The first kappa shape index (κ1) is 14.1. The van der Waals surface area contributed by atoms with Crippen LogP contribution in [0.2, 0.25) is 5.02 Å². The fraction of sp³-hybridized carbons (Fsp3) is 0.0667. The molecule has 0 aliphatic heterocycles. The Labute approximate surface area is 121 Å². The lowest BCUT2D eigenvalue weighted by Gasteiger charge is -2.09. The highest BCUT2D eigenvalue weighted by Gasteiger charge is 2.07. The third kappa shape index (κ3) is 3.59. The Kier molecular flexibility index (Phi) is 4.38. The fourth-order valence-electron chi connectivity index (χ4n) is 1.68. The van der Waals surface area contributed by atoms with Crippen LogP contribution in [-0.2, 0) is 4.79 Å². The van der Waals surface area contributed by atoms with Crippen LogP contribution in [0.3, 0.4) is 0 Å². The van der Waals surface area contributed by atoms with Crippen LogP contribution in [0.15, 0.2) is 48.5 Å². The number of hydrogen-bond acceptors (Lipinski definition) is 2. The van der Waals surface area contributed by atoms with Crippen molar-refractivity contribution in [2.24, 2.45) is 0 Å². The zero-order valence-corrected chi connectivity index (χ0v) is 11.6. The Morgan fingerprint density at radius 1 is 1.00 bits per heavy atom. The minimum Gasteiger partial charge on any atom is -0.325 e. The van der Waals surface area contributed by atoms with Crippen LogP contribution in [0, 0.1) is 0 Å². The minimum absolute atomic E-state index is 0.201. The van der Waals surface area contributed by atoms with Gasteiger partial charge in [0.1, 0.15) is 0 Å². The second-order valence-corrected chi connectivity index (χ2v) is 4.60. The molecular formula is C15H13ClN2O2. The molecule has 2 rings (SSSR count). The summed E-state index contributed by atoms with van der Waals surface area (Å²) in [6.07, 6.45) is 0. The molecule has 2 amide bonds. The number of rotatable bonds is 3. The Bertz CT molecular complexity index is 642. The second-order valence-electron chi connectivity index (χ2n) is 4.20. The topological polar surface area (TPSA) is 58.2 Å². The predicted octanol–water partition coefficient (Wildman–Crippen LogP) is 3.55. The van der Waals surface area contributed by atoms with Crippen molar-refractivity contribution in [2.75, 3.05) is 10.6 Å². The van der Waals surface area contributed by atoms with Gasteiger partial charge in [-0.05, 0) is 30.3 Å². The normalized spacial score (nSPS) is 9.90. The lowest BCUT2D eigenvalue weighted by Crippen LogP contribution is -2.12. The summed E-state index contributed by atoms with van der Waals surface area (Å²) in [6, 6.07) is 13.8. The molecule has 0 radical (unpaired) electrons. The number of carbonyl (C=O) groups is 2. The highest BCUT2D eigenvalue weighted by Crippen LogP contribution is 2.25. The van der Waals surface area contributed by atoms with Gasteiger partial charge in [-0.1, -0.05) is 29.8 Å². The predicted molar refractivity (Wildman–Crippen MR) is 80.2 cm³/mol. The quantitative estimate of drug-likeness (QED) is 0.907. The molecule has 0 aliphatic rings. The summed E-state index contributed by atoms with van der Waals surface area (Å²) < 4.78 is 0. The Hall–Kier alpha value is -2.33. The third-order valence-electron chi connectivity index (χ3n) is 2.57. The van der Waals surface area contributed by atoms with E-state index in [0.717, 1.165) is 0 Å². The van der Waals surface area contributed by atoms with Crippen LogP contribution in [0.1, 0.15) is 17.3 Å². The number of benzene rings is 2. The number of nitrogens with one attached hydrogen (secondary N) is 2. The molecule has 0 bridgehead atoms. The summed E-state index contributed by atoms with van der Waals surface area (Å²) >= 11 is 6.04. The Morgan fingerprint density at radius 2 is 1.70 bits per heavy atom. The molecule has 102 valence electrons. The second kappa shape index (κ2) is 6.21. The van der Waals surface area contributed by atoms with Crippen LogP contribution in [-0.4, -0.2) is 11.8 Å². The van der Waals surface area contributed by atoms with E-state index in [1.54, 1.807) is 42.5 Å². The van der Waals surface area contributed by atoms with E-state index in [1.165, 1.54) is 6.92 Å². The van der Waals surface area contributed by atoms with Crippen molar-refractivity contribution in [3.05, 3.63) is 59.1 Å². The van der Waals surface area contributed by atoms with E-state index in [0.29, 0.717) is 22.0 Å². The summed E-state index contributed by atoms with van der Waals surface area (Å²) in [5.74, 6) is -0.415. The molecule has 2 aromatic carbocycles. The zero-order valence-electron chi connectivity index (χ0n) is 10.8. The highest BCUT2D eigenvalue weighted by molar-refractivity contribution is 6.34. The summed E-state index contributed by atoms with van der Waals surface area (Å²) in [5.41, 5.74) is 1.64. The maximum Gasteiger partial charge on any atom is 0.255 e. The summed E-state index contributed by atoms with van der Waals surface area (Å²) in [6.45, 7) is 1.40. The standard InChI is InChI=1S/C15H13ClN2O2/c1-10(19)17-14-8-7-12(9-13(14)16)18-15(20)11-5-3-2-4-6-11/h2-9H,1H3,(H,17,19)(H,18,20). The van der Waals surface area contributed by atoms with E-state index in [1.807, 2.05) is 6.07 Å². The van der Waals surface area contributed by atoms with Gasteiger partial charge in [0.05, 0.1) is 10.7 Å². The largest absolute Gasteiger partial charge is 0.325 e. The molecule has 0 aromatic heterocycles. The van der Waals surface area contributed by atoms with Crippen LogP contribution >= 0.6 is 11.6 Å². The van der Waals surface area contributed by atoms with E-state index in [2.05, 4.69) is 10.6 Å². The molecule has 0 fully saturated rings. The van der Waals surface area contributed by atoms with Gasteiger partial charge in [-0.3, -0.25) is 9.59 Å². The number of amides is 2. The lowest BCUT2D eigenvalue weighted by atomic mass is 10.2. The van der Waals surface area contributed by atoms with E-state index in [4.69, 9.17) is 11.6 Å². The highest BCUT2D eigenvalue weighted by atomic mass is 35.5. The molecular weight excluding hydrogens is 276 g/mol. The van der Waals surface area contributed by atoms with Crippen LogP contribution in [0.25, 0.3) is 0 Å². The molecule has 0 atom stereocenters. The van der Waals surface area contributed by atoms with Crippen molar-refractivity contribution in [1.82, 2.24) is 0 Å². The minimum atomic E-state index is -0.214. The lowest BCUT2D eigenvalue weighted by molar-refractivity contribution is -0.114. The summed E-state index contributed by atoms with van der Waals surface area (Å²) in [4.78, 5) is 22.9. The molecule has 2 N–H and O–H groups in total. The molecule has 5 heteroatoms. The van der Waals surface area contributed by atoms with E-state index < -0.39 is 0 Å². The molecule has 0 spiro atoms. The van der Waals surface area contributed by atoms with Crippen molar-refractivity contribution in [1.29, 1.82) is 0 Å². The van der Waals surface area contributed by atoms with Crippen molar-refractivity contribution in [3.8, 4) is 0 Å². The molecule has 0 aliphatic carbocycles. The first-order valence-electron chi connectivity index (χ1n) is 6.00. The average Bonchev–Trinajstić information content (AvgIpc) is 2.42. The molecule has 20 heavy (non-hydrogen) atoms. The fourth-order valence-corrected chi connectivity index (χ4v) is 1.90. The van der Waals surface area contributed by atoms with Crippen LogP contribution < -0.4 is 10.6 Å². The smallest absolute Gasteiger partial charge is 0.255 e. The average molecular weight is 289 g/mol.